The van der Waals surface area contributed by atoms with Crippen molar-refractivity contribution in [2.75, 3.05) is 40.9 Å². The molecule has 77 heavy (non-hydrogen) atoms. The van der Waals surface area contributed by atoms with E-state index in [2.05, 4.69) is 123 Å². The second-order valence-electron chi connectivity index (χ2n) is 21.8. The molecule has 0 aliphatic heterocycles. The fourth-order valence-corrected chi connectivity index (χ4v) is 9.13. The van der Waals surface area contributed by atoms with Gasteiger partial charge in [0.15, 0.2) is 0 Å². The Labute approximate surface area is 474 Å². The quantitative estimate of drug-likeness (QED) is 0.0205. The monoisotopic (exact) mass is 1090 g/mol. The fourth-order valence-electron chi connectivity index (χ4n) is 8.39. The summed E-state index contributed by atoms with van der Waals surface area (Å²) in [6, 6.07) is -0.886. The topological polar surface area (TPSA) is 111 Å². The Balaban J connectivity index is 5.26. The molecule has 0 aliphatic rings. The molecule has 0 saturated heterocycles. The summed E-state index contributed by atoms with van der Waals surface area (Å²) in [4.78, 5) is 37.7. The van der Waals surface area contributed by atoms with E-state index in [0.717, 1.165) is 103 Å². The minimum absolute atomic E-state index is 0.0237. The van der Waals surface area contributed by atoms with Crippen molar-refractivity contribution in [2.24, 2.45) is 0 Å². The molecule has 2 N–H and O–H groups in total. The number of ether oxygens (including phenoxy) is 1. The van der Waals surface area contributed by atoms with E-state index in [-0.39, 0.29) is 37.9 Å². The van der Waals surface area contributed by atoms with E-state index in [4.69, 9.17) is 13.8 Å². The molecule has 9 nitrogen and oxygen atoms in total. The third-order valence-electron chi connectivity index (χ3n) is 13.2. The zero-order valence-corrected chi connectivity index (χ0v) is 51.3. The molecule has 0 aromatic rings. The van der Waals surface area contributed by atoms with Crippen molar-refractivity contribution in [3.8, 4) is 0 Å². The zero-order chi connectivity index (χ0) is 56.4. The Morgan fingerprint density at radius 1 is 0.468 bits per heavy atom. The summed E-state index contributed by atoms with van der Waals surface area (Å²) >= 11 is 0. The Hall–Kier alpha value is -3.33. The van der Waals surface area contributed by atoms with Crippen molar-refractivity contribution < 1.29 is 37.3 Å². The Bertz CT molecular complexity index is 1690. The van der Waals surface area contributed by atoms with Gasteiger partial charge in [0.25, 0.3) is 0 Å². The molecule has 0 fully saturated rings. The van der Waals surface area contributed by atoms with E-state index in [1.54, 1.807) is 0 Å². The van der Waals surface area contributed by atoms with Crippen LogP contribution in [0.2, 0.25) is 0 Å². The summed E-state index contributed by atoms with van der Waals surface area (Å²) in [5.41, 5.74) is 0. The first kappa shape index (κ1) is 73.7. The first-order valence-electron chi connectivity index (χ1n) is 31.2. The number of allylic oxidation sites excluding steroid dienone is 17. The SMILES string of the molecule is CC/C=C\C/C=C\C/C=C\C/C=C\C/C=C\CCCC(=O)NC(COP(=O)(O)OCC[N+](C)(C)C)C(/C=C\CCCCCCCCCCC)OC(=O)CCCCCCCCCCCC/C=C\C/C=C\C/C=C\CCCCC. The summed E-state index contributed by atoms with van der Waals surface area (Å²) in [7, 11) is 1.44. The number of unbranched alkanes of at least 4 members (excludes halogenated alkanes) is 23. The summed E-state index contributed by atoms with van der Waals surface area (Å²) < 4.78 is 30.6. The van der Waals surface area contributed by atoms with Crippen molar-refractivity contribution in [2.45, 2.75) is 264 Å². The minimum atomic E-state index is -4.47. The zero-order valence-electron chi connectivity index (χ0n) is 50.4. The van der Waals surface area contributed by atoms with E-state index in [1.165, 1.54) is 109 Å². The number of phosphoric acid groups is 1. The van der Waals surface area contributed by atoms with Crippen molar-refractivity contribution in [3.63, 3.8) is 0 Å². The van der Waals surface area contributed by atoms with E-state index >= 15 is 0 Å². The van der Waals surface area contributed by atoms with E-state index in [9.17, 15) is 19.0 Å². The van der Waals surface area contributed by atoms with Crippen LogP contribution in [0.15, 0.2) is 109 Å². The normalized spacial score (nSPS) is 14.4. The van der Waals surface area contributed by atoms with Gasteiger partial charge in [-0.15, -0.1) is 0 Å². The van der Waals surface area contributed by atoms with E-state index in [0.29, 0.717) is 17.4 Å². The maximum absolute atomic E-state index is 13.5. The molecular weight excluding hydrogens is 976 g/mol. The Morgan fingerprint density at radius 3 is 1.30 bits per heavy atom. The molecular formula is C67H118N2O7P+. The van der Waals surface area contributed by atoms with Crippen LogP contribution < -0.4 is 5.32 Å². The number of nitrogens with one attached hydrogen (secondary N) is 1. The minimum Gasteiger partial charge on any atom is -0.456 e. The van der Waals surface area contributed by atoms with Gasteiger partial charge in [-0.3, -0.25) is 18.6 Å². The van der Waals surface area contributed by atoms with Crippen LogP contribution >= 0.6 is 7.82 Å². The molecule has 0 aromatic heterocycles. The van der Waals surface area contributed by atoms with Gasteiger partial charge in [0.05, 0.1) is 33.8 Å². The van der Waals surface area contributed by atoms with Crippen LogP contribution in [0.1, 0.15) is 252 Å². The van der Waals surface area contributed by atoms with Crippen LogP contribution in [-0.4, -0.2) is 74.3 Å². The highest BCUT2D eigenvalue weighted by Crippen LogP contribution is 2.43. The summed E-state index contributed by atoms with van der Waals surface area (Å²) in [6.45, 7) is 6.81. The number of rotatable bonds is 55. The largest absolute Gasteiger partial charge is 0.472 e. The molecule has 442 valence electrons. The maximum atomic E-state index is 13.5. The molecule has 0 spiro atoms. The van der Waals surface area contributed by atoms with Crippen LogP contribution in [0, 0.1) is 0 Å². The third kappa shape index (κ3) is 57.2. The predicted molar refractivity (Wildman–Crippen MR) is 332 cm³/mol. The second kappa shape index (κ2) is 56.0. The Kier molecular flexibility index (Phi) is 53.5. The molecule has 0 aliphatic carbocycles. The lowest BCUT2D eigenvalue weighted by Gasteiger charge is -2.27. The smallest absolute Gasteiger partial charge is 0.456 e. The molecule has 0 rings (SSSR count). The molecule has 0 saturated carbocycles. The molecule has 0 bridgehead atoms. The second-order valence-corrected chi connectivity index (χ2v) is 23.3. The summed E-state index contributed by atoms with van der Waals surface area (Å²) in [6.07, 6.45) is 76.7. The molecule has 0 heterocycles. The van der Waals surface area contributed by atoms with Gasteiger partial charge in [-0.2, -0.15) is 0 Å². The number of quaternary nitrogens is 1. The lowest BCUT2D eigenvalue weighted by molar-refractivity contribution is -0.870. The number of carbonyl (C=O) groups is 2. The number of amides is 1. The fraction of sp³-hybridized carbons (Fsp3) is 0.701. The first-order valence-corrected chi connectivity index (χ1v) is 32.7. The van der Waals surface area contributed by atoms with E-state index in [1.807, 2.05) is 33.3 Å². The van der Waals surface area contributed by atoms with Crippen LogP contribution in [-0.2, 0) is 27.9 Å². The van der Waals surface area contributed by atoms with Gasteiger partial charge >= 0.3 is 13.8 Å². The van der Waals surface area contributed by atoms with Crippen LogP contribution in [0.25, 0.3) is 0 Å². The highest BCUT2D eigenvalue weighted by Gasteiger charge is 2.30. The van der Waals surface area contributed by atoms with Crippen molar-refractivity contribution >= 4 is 19.7 Å². The number of phosphoric ester groups is 1. The summed E-state index contributed by atoms with van der Waals surface area (Å²) in [5.74, 6) is -0.583. The van der Waals surface area contributed by atoms with Crippen LogP contribution in [0.3, 0.4) is 0 Å². The predicted octanol–water partition coefficient (Wildman–Crippen LogP) is 19.3. The van der Waals surface area contributed by atoms with Gasteiger partial charge in [-0.1, -0.05) is 240 Å². The van der Waals surface area contributed by atoms with Crippen LogP contribution in [0.4, 0.5) is 0 Å². The van der Waals surface area contributed by atoms with Gasteiger partial charge in [-0.25, -0.2) is 4.57 Å². The highest BCUT2D eigenvalue weighted by molar-refractivity contribution is 7.47. The van der Waals surface area contributed by atoms with Crippen molar-refractivity contribution in [1.82, 2.24) is 5.32 Å². The number of hydrogen-bond donors (Lipinski definition) is 2. The average molecular weight is 1090 g/mol. The molecule has 10 heteroatoms. The van der Waals surface area contributed by atoms with Gasteiger partial charge < -0.3 is 19.4 Å². The van der Waals surface area contributed by atoms with Gasteiger partial charge in [-0.05, 0) is 109 Å². The van der Waals surface area contributed by atoms with Gasteiger partial charge in [0.2, 0.25) is 5.91 Å². The molecule has 1 amide bonds. The number of nitrogens with zero attached hydrogens (tertiary/aromatic N) is 1. The van der Waals surface area contributed by atoms with Crippen LogP contribution in [0.5, 0.6) is 0 Å². The maximum Gasteiger partial charge on any atom is 0.472 e. The number of carbonyl (C=O) groups excluding carboxylic acids is 2. The standard InChI is InChI=1S/C67H117N2O7P/c1-7-10-13-16-19-22-25-27-29-31-32-33-34-35-36-38-40-42-45-48-51-54-57-60-67(71)76-65(58-55-52-49-46-43-24-21-18-15-12-9-3)64(63-75-77(72,73)74-62-61-69(4,5)6)68-66(70)59-56-53-50-47-44-41-39-37-30-28-26-23-20-17-14-11-8-2/h11,14,19-20,22-23,27-30,32-33,39,41,47,50,55,58,64-65H,7-10,12-13,15-18,21,24-26,31,34-38,40,42-46,48-49,51-54,56-57,59-63H2,1-6H3,(H-,68,70,72,73)/p+1/b14-11-,22-19-,23-20-,29-27-,30-28-,33-32-,41-39-,50-47-,58-55-. The number of esters is 1. The summed E-state index contributed by atoms with van der Waals surface area (Å²) in [5, 5.41) is 3.01. The first-order chi connectivity index (χ1) is 37.4. The molecule has 0 aromatic carbocycles. The van der Waals surface area contributed by atoms with Crippen molar-refractivity contribution in [1.29, 1.82) is 0 Å². The van der Waals surface area contributed by atoms with Gasteiger partial charge in [0.1, 0.15) is 19.3 Å². The number of hydrogen-bond acceptors (Lipinski definition) is 6. The molecule has 3 atom stereocenters. The molecule has 0 radical (unpaired) electrons. The number of likely N-dealkylation sites (N-methyl/N-ethyl adjacent to an activating group) is 1. The Morgan fingerprint density at radius 2 is 0.844 bits per heavy atom. The lowest BCUT2D eigenvalue weighted by atomic mass is 10.0. The van der Waals surface area contributed by atoms with E-state index < -0.39 is 20.0 Å². The molecule has 3 unspecified atom stereocenters. The average Bonchev–Trinajstić information content (AvgIpc) is 3.39. The third-order valence-corrected chi connectivity index (χ3v) is 14.2. The van der Waals surface area contributed by atoms with Gasteiger partial charge in [0, 0.05) is 12.8 Å². The highest BCUT2D eigenvalue weighted by atomic mass is 31.2. The van der Waals surface area contributed by atoms with Crippen molar-refractivity contribution in [3.05, 3.63) is 109 Å². The lowest BCUT2D eigenvalue weighted by Crippen LogP contribution is -2.47.